The Morgan fingerprint density at radius 2 is 2.24 bits per heavy atom. The maximum atomic E-state index is 13.0. The maximum absolute atomic E-state index is 13.0. The third kappa shape index (κ3) is 2.21. The summed E-state index contributed by atoms with van der Waals surface area (Å²) >= 11 is 0. The Balaban J connectivity index is 1.94. The number of carboxylic acids is 1. The van der Waals surface area contributed by atoms with Crippen molar-refractivity contribution in [3.05, 3.63) is 29.3 Å². The molecule has 1 aromatic carbocycles. The molecule has 3 rings (SSSR count). The van der Waals surface area contributed by atoms with Crippen molar-refractivity contribution in [2.45, 2.75) is 38.1 Å². The fourth-order valence-corrected chi connectivity index (χ4v) is 3.42. The normalized spacial score (nSPS) is 24.1. The van der Waals surface area contributed by atoms with Gasteiger partial charge in [0.2, 0.25) is 5.91 Å². The van der Waals surface area contributed by atoms with Crippen molar-refractivity contribution < 1.29 is 14.7 Å². The smallest absolute Gasteiger partial charge is 0.335 e. The molecule has 2 aliphatic rings. The molecule has 2 heterocycles. The predicted molar refractivity (Wildman–Crippen MR) is 79.7 cm³/mol. The molecule has 1 atom stereocenters. The van der Waals surface area contributed by atoms with Crippen LogP contribution in [-0.2, 0) is 11.2 Å². The largest absolute Gasteiger partial charge is 0.478 e. The molecular formula is C16H20N2O3. The van der Waals surface area contributed by atoms with E-state index < -0.39 is 11.5 Å². The summed E-state index contributed by atoms with van der Waals surface area (Å²) in [4.78, 5) is 25.9. The summed E-state index contributed by atoms with van der Waals surface area (Å²) in [7, 11) is 0. The summed E-state index contributed by atoms with van der Waals surface area (Å²) in [6, 6.07) is 5.06. The molecule has 1 unspecified atom stereocenters. The maximum Gasteiger partial charge on any atom is 0.335 e. The van der Waals surface area contributed by atoms with E-state index in [2.05, 4.69) is 5.32 Å². The molecule has 2 N–H and O–H groups in total. The molecule has 1 amide bonds. The number of hydrogen-bond donors (Lipinski definition) is 2. The topological polar surface area (TPSA) is 69.6 Å². The van der Waals surface area contributed by atoms with Gasteiger partial charge in [-0.2, -0.15) is 0 Å². The van der Waals surface area contributed by atoms with E-state index in [1.807, 2.05) is 13.0 Å². The highest BCUT2D eigenvalue weighted by Gasteiger charge is 2.43. The number of nitrogens with one attached hydrogen (secondary N) is 1. The number of carbonyl (C=O) groups is 2. The van der Waals surface area contributed by atoms with Gasteiger partial charge in [-0.25, -0.2) is 4.79 Å². The standard InChI is InChI=1S/C16H20N2O3/c1-2-16(7-3-8-17-16)15(21)18-9-6-11-4-5-12(14(19)20)10-13(11)18/h4-5,10,17H,2-3,6-9H2,1H3,(H,19,20). The molecule has 1 aromatic rings. The van der Waals surface area contributed by atoms with Crippen molar-refractivity contribution in [3.8, 4) is 0 Å². The van der Waals surface area contributed by atoms with Crippen LogP contribution in [-0.4, -0.2) is 35.6 Å². The Labute approximate surface area is 123 Å². The van der Waals surface area contributed by atoms with Crippen LogP contribution < -0.4 is 10.2 Å². The van der Waals surface area contributed by atoms with Crippen LogP contribution in [0.25, 0.3) is 0 Å². The van der Waals surface area contributed by atoms with Crippen molar-refractivity contribution >= 4 is 17.6 Å². The zero-order chi connectivity index (χ0) is 15.0. The molecule has 2 aliphatic heterocycles. The number of carbonyl (C=O) groups excluding carboxylic acids is 1. The molecular weight excluding hydrogens is 268 g/mol. The molecule has 1 fully saturated rings. The molecule has 0 aliphatic carbocycles. The molecule has 5 nitrogen and oxygen atoms in total. The van der Waals surface area contributed by atoms with Gasteiger partial charge in [0.1, 0.15) is 0 Å². The summed E-state index contributed by atoms with van der Waals surface area (Å²) in [5.41, 5.74) is 1.58. The lowest BCUT2D eigenvalue weighted by Crippen LogP contribution is -2.54. The second kappa shape index (κ2) is 5.15. The molecule has 112 valence electrons. The Bertz CT molecular complexity index is 591. The quantitative estimate of drug-likeness (QED) is 0.890. The average Bonchev–Trinajstić information content (AvgIpc) is 3.13. The first-order chi connectivity index (χ1) is 10.1. The number of amides is 1. The average molecular weight is 288 g/mol. The number of aromatic carboxylic acids is 1. The van der Waals surface area contributed by atoms with Crippen molar-refractivity contribution in [2.24, 2.45) is 0 Å². The number of benzene rings is 1. The van der Waals surface area contributed by atoms with Gasteiger partial charge in [0, 0.05) is 12.2 Å². The highest BCUT2D eigenvalue weighted by atomic mass is 16.4. The molecule has 0 aromatic heterocycles. The Morgan fingerprint density at radius 3 is 2.86 bits per heavy atom. The molecule has 1 saturated heterocycles. The lowest BCUT2D eigenvalue weighted by molar-refractivity contribution is -0.124. The molecule has 0 radical (unpaired) electrons. The molecule has 5 heteroatoms. The SMILES string of the molecule is CCC1(C(=O)N2CCc3ccc(C(=O)O)cc32)CCCN1. The zero-order valence-electron chi connectivity index (χ0n) is 12.2. The predicted octanol–water partition coefficient (Wildman–Crippen LogP) is 1.81. The summed E-state index contributed by atoms with van der Waals surface area (Å²) in [6.45, 7) is 3.54. The number of nitrogens with zero attached hydrogens (tertiary/aromatic N) is 1. The van der Waals surface area contributed by atoms with E-state index in [0.717, 1.165) is 43.5 Å². The van der Waals surface area contributed by atoms with Gasteiger partial charge in [-0.1, -0.05) is 13.0 Å². The first kappa shape index (κ1) is 14.1. The zero-order valence-corrected chi connectivity index (χ0v) is 12.2. The first-order valence-electron chi connectivity index (χ1n) is 7.50. The van der Waals surface area contributed by atoms with Gasteiger partial charge in [0.15, 0.2) is 0 Å². The number of anilines is 1. The van der Waals surface area contributed by atoms with Crippen LogP contribution in [0.5, 0.6) is 0 Å². The summed E-state index contributed by atoms with van der Waals surface area (Å²) in [5.74, 6) is -0.870. The fourth-order valence-electron chi connectivity index (χ4n) is 3.42. The Hall–Kier alpha value is -1.88. The van der Waals surface area contributed by atoms with Gasteiger partial charge < -0.3 is 15.3 Å². The lowest BCUT2D eigenvalue weighted by atomic mass is 9.92. The van der Waals surface area contributed by atoms with Gasteiger partial charge in [-0.3, -0.25) is 4.79 Å². The van der Waals surface area contributed by atoms with E-state index in [0.29, 0.717) is 6.54 Å². The summed E-state index contributed by atoms with van der Waals surface area (Å²) in [5, 5.41) is 12.5. The number of carboxylic acid groups (broad SMARTS) is 1. The van der Waals surface area contributed by atoms with E-state index in [4.69, 9.17) is 5.11 Å². The highest BCUT2D eigenvalue weighted by molar-refractivity contribution is 6.03. The van der Waals surface area contributed by atoms with Gasteiger partial charge in [0.25, 0.3) is 0 Å². The van der Waals surface area contributed by atoms with Crippen LogP contribution in [0.3, 0.4) is 0 Å². The second-order valence-corrected chi connectivity index (χ2v) is 5.82. The van der Waals surface area contributed by atoms with Gasteiger partial charge >= 0.3 is 5.97 Å². The van der Waals surface area contributed by atoms with Crippen molar-refractivity contribution in [1.82, 2.24) is 5.32 Å². The van der Waals surface area contributed by atoms with Crippen molar-refractivity contribution in [2.75, 3.05) is 18.0 Å². The van der Waals surface area contributed by atoms with Crippen molar-refractivity contribution in [3.63, 3.8) is 0 Å². The van der Waals surface area contributed by atoms with Gasteiger partial charge in [-0.05, 0) is 49.9 Å². The number of fused-ring (bicyclic) bond motifs is 1. The fraction of sp³-hybridized carbons (Fsp3) is 0.500. The van der Waals surface area contributed by atoms with E-state index in [1.54, 1.807) is 17.0 Å². The lowest BCUT2D eigenvalue weighted by Gasteiger charge is -2.32. The molecule has 21 heavy (non-hydrogen) atoms. The minimum absolute atomic E-state index is 0.0868. The molecule has 0 saturated carbocycles. The molecule has 0 bridgehead atoms. The van der Waals surface area contributed by atoms with Gasteiger partial charge in [0.05, 0.1) is 11.1 Å². The van der Waals surface area contributed by atoms with Gasteiger partial charge in [-0.15, -0.1) is 0 Å². The minimum Gasteiger partial charge on any atom is -0.478 e. The Morgan fingerprint density at radius 1 is 1.43 bits per heavy atom. The second-order valence-electron chi connectivity index (χ2n) is 5.82. The summed E-state index contributed by atoms with van der Waals surface area (Å²) in [6.07, 6.45) is 3.42. The van der Waals surface area contributed by atoms with Crippen LogP contribution in [0, 0.1) is 0 Å². The number of rotatable bonds is 3. The third-order valence-corrected chi connectivity index (χ3v) is 4.73. The van der Waals surface area contributed by atoms with E-state index in [-0.39, 0.29) is 11.5 Å². The first-order valence-corrected chi connectivity index (χ1v) is 7.50. The minimum atomic E-state index is -0.957. The van der Waals surface area contributed by atoms with Crippen LogP contribution in [0.4, 0.5) is 5.69 Å². The van der Waals surface area contributed by atoms with E-state index in [1.165, 1.54) is 0 Å². The van der Waals surface area contributed by atoms with E-state index >= 15 is 0 Å². The third-order valence-electron chi connectivity index (χ3n) is 4.73. The summed E-state index contributed by atoms with van der Waals surface area (Å²) < 4.78 is 0. The highest BCUT2D eigenvalue weighted by Crippen LogP contribution is 2.34. The van der Waals surface area contributed by atoms with Crippen LogP contribution in [0.15, 0.2) is 18.2 Å². The Kier molecular flexibility index (Phi) is 3.45. The van der Waals surface area contributed by atoms with Crippen LogP contribution in [0.1, 0.15) is 42.1 Å². The number of hydrogen-bond acceptors (Lipinski definition) is 3. The van der Waals surface area contributed by atoms with Crippen LogP contribution >= 0.6 is 0 Å². The van der Waals surface area contributed by atoms with Crippen LogP contribution in [0.2, 0.25) is 0 Å². The van der Waals surface area contributed by atoms with Crippen molar-refractivity contribution in [1.29, 1.82) is 0 Å². The molecule has 0 spiro atoms. The monoisotopic (exact) mass is 288 g/mol. The van der Waals surface area contributed by atoms with E-state index in [9.17, 15) is 9.59 Å².